The van der Waals surface area contributed by atoms with E-state index in [0.717, 1.165) is 23.7 Å². The molecule has 0 aliphatic heterocycles. The molecule has 5 aliphatic rings. The van der Waals surface area contributed by atoms with Gasteiger partial charge in [-0.15, -0.1) is 0 Å². The maximum Gasteiger partial charge on any atom is 0.0625 e. The van der Waals surface area contributed by atoms with E-state index in [2.05, 4.69) is 54.5 Å². The van der Waals surface area contributed by atoms with Crippen LogP contribution in [0.5, 0.6) is 0 Å². The van der Waals surface area contributed by atoms with Crippen LogP contribution < -0.4 is 0 Å². The molecule has 0 aromatic rings. The Labute approximate surface area is 193 Å². The second-order valence-corrected chi connectivity index (χ2v) is 14.7. The minimum Gasteiger partial charge on any atom is -0.381 e. The Balaban J connectivity index is 1.52. The number of methoxy groups -OCH3 is 1. The van der Waals surface area contributed by atoms with Gasteiger partial charge in [0.25, 0.3) is 0 Å². The van der Waals surface area contributed by atoms with Crippen LogP contribution in [0.1, 0.15) is 113 Å². The van der Waals surface area contributed by atoms with Crippen molar-refractivity contribution in [3.05, 3.63) is 11.6 Å². The Kier molecular flexibility index (Phi) is 4.98. The molecule has 0 N–H and O–H groups in total. The molecule has 0 aromatic carbocycles. The van der Waals surface area contributed by atoms with Crippen LogP contribution in [0.4, 0.5) is 0 Å². The van der Waals surface area contributed by atoms with Crippen LogP contribution >= 0.6 is 0 Å². The molecule has 0 radical (unpaired) electrons. The van der Waals surface area contributed by atoms with Gasteiger partial charge in [0, 0.05) is 7.11 Å². The highest BCUT2D eigenvalue weighted by atomic mass is 16.5. The van der Waals surface area contributed by atoms with E-state index in [1.807, 2.05) is 12.7 Å². The predicted octanol–water partition coefficient (Wildman–Crippen LogP) is 8.43. The first kappa shape index (κ1) is 22.5. The fraction of sp³-hybridized carbons (Fsp3) is 0.933. The molecule has 0 amide bonds. The molecule has 5 aliphatic carbocycles. The van der Waals surface area contributed by atoms with Crippen LogP contribution in [0.3, 0.4) is 0 Å². The summed E-state index contributed by atoms with van der Waals surface area (Å²) in [7, 11) is 1.95. The molecule has 176 valence electrons. The average molecular weight is 427 g/mol. The number of fused-ring (bicyclic) bond motifs is 7. The molecule has 1 nitrogen and oxygen atoms in total. The molecule has 0 aromatic heterocycles. The molecule has 5 rings (SSSR count). The van der Waals surface area contributed by atoms with Gasteiger partial charge in [0.2, 0.25) is 0 Å². The highest BCUT2D eigenvalue weighted by Gasteiger charge is 2.65. The lowest BCUT2D eigenvalue weighted by Crippen LogP contribution is -2.62. The normalized spacial score (nSPS) is 52.8. The molecule has 8 unspecified atom stereocenters. The van der Waals surface area contributed by atoms with Gasteiger partial charge in [-0.3, -0.25) is 0 Å². The summed E-state index contributed by atoms with van der Waals surface area (Å²) in [5.74, 6) is 3.51. The van der Waals surface area contributed by atoms with Gasteiger partial charge in [-0.2, -0.15) is 0 Å². The lowest BCUT2D eigenvalue weighted by molar-refractivity contribution is -0.186. The molecule has 4 fully saturated rings. The fourth-order valence-electron chi connectivity index (χ4n) is 10.9. The van der Waals surface area contributed by atoms with Crippen LogP contribution in [0.25, 0.3) is 0 Å². The van der Waals surface area contributed by atoms with Gasteiger partial charge in [0.1, 0.15) is 0 Å². The highest BCUT2D eigenvalue weighted by molar-refractivity contribution is 5.33. The van der Waals surface area contributed by atoms with Crippen molar-refractivity contribution in [2.45, 2.75) is 119 Å². The molecule has 0 heterocycles. The second-order valence-electron chi connectivity index (χ2n) is 14.7. The Morgan fingerprint density at radius 2 is 1.45 bits per heavy atom. The van der Waals surface area contributed by atoms with Gasteiger partial charge in [-0.25, -0.2) is 0 Å². The molecule has 1 heteroatoms. The summed E-state index contributed by atoms with van der Waals surface area (Å²) in [6.07, 6.45) is 17.3. The van der Waals surface area contributed by atoms with Crippen molar-refractivity contribution >= 4 is 0 Å². The summed E-state index contributed by atoms with van der Waals surface area (Å²) in [5, 5.41) is 0. The molecular weight excluding hydrogens is 376 g/mol. The van der Waals surface area contributed by atoms with Crippen molar-refractivity contribution in [2.24, 2.45) is 50.7 Å². The van der Waals surface area contributed by atoms with Gasteiger partial charge in [0.15, 0.2) is 0 Å². The molecule has 31 heavy (non-hydrogen) atoms. The lowest BCUT2D eigenvalue weighted by Gasteiger charge is -2.69. The molecule has 0 saturated heterocycles. The van der Waals surface area contributed by atoms with Crippen LogP contribution in [0.2, 0.25) is 0 Å². The third kappa shape index (κ3) is 2.96. The summed E-state index contributed by atoms with van der Waals surface area (Å²) < 4.78 is 6.03. The van der Waals surface area contributed by atoms with E-state index in [9.17, 15) is 0 Å². The molecule has 0 spiro atoms. The summed E-state index contributed by atoms with van der Waals surface area (Å²) >= 11 is 0. The van der Waals surface area contributed by atoms with Crippen LogP contribution in [-0.2, 0) is 4.74 Å². The number of hydrogen-bond donors (Lipinski definition) is 0. The Bertz CT molecular complexity index is 760. The second kappa shape index (κ2) is 6.86. The average Bonchev–Trinajstić information content (AvgIpc) is 2.67. The minimum atomic E-state index is 0.295. The Morgan fingerprint density at radius 3 is 2.16 bits per heavy atom. The zero-order valence-electron chi connectivity index (χ0n) is 21.9. The first-order chi connectivity index (χ1) is 14.4. The van der Waals surface area contributed by atoms with E-state index in [1.54, 1.807) is 0 Å². The largest absolute Gasteiger partial charge is 0.381 e. The van der Waals surface area contributed by atoms with Crippen molar-refractivity contribution in [1.82, 2.24) is 0 Å². The molecular formula is C30H50O. The highest BCUT2D eigenvalue weighted by Crippen LogP contribution is 2.73. The van der Waals surface area contributed by atoms with Crippen LogP contribution in [0, 0.1) is 50.7 Å². The summed E-state index contributed by atoms with van der Waals surface area (Å²) in [6.45, 7) is 18.2. The van der Waals surface area contributed by atoms with Gasteiger partial charge >= 0.3 is 0 Å². The quantitative estimate of drug-likeness (QED) is 0.382. The molecule has 8 atom stereocenters. The third-order valence-corrected chi connectivity index (χ3v) is 12.4. The zero-order chi connectivity index (χ0) is 22.4. The van der Waals surface area contributed by atoms with Crippen LogP contribution in [-0.4, -0.2) is 13.2 Å². The number of ether oxygens (including phenoxy) is 1. The van der Waals surface area contributed by atoms with E-state index >= 15 is 0 Å². The maximum atomic E-state index is 6.03. The van der Waals surface area contributed by atoms with E-state index in [-0.39, 0.29) is 0 Å². The standard InChI is InChI=1S/C30H50O/c1-26(2)15-11-20-9-10-23-28(5,21(20)19-26)16-13-24-29(6)18-14-25(31-8)27(3,4)22(29)12-17-30(23,24)7/h10,20-22,24-25H,9,11-19H2,1-8H3. The zero-order valence-corrected chi connectivity index (χ0v) is 21.9. The lowest BCUT2D eigenvalue weighted by atomic mass is 9.36. The number of allylic oxidation sites excluding steroid dienone is 2. The van der Waals surface area contributed by atoms with Gasteiger partial charge in [-0.1, -0.05) is 60.1 Å². The first-order valence-corrected chi connectivity index (χ1v) is 13.6. The maximum absolute atomic E-state index is 6.03. The van der Waals surface area contributed by atoms with Gasteiger partial charge < -0.3 is 4.74 Å². The van der Waals surface area contributed by atoms with Crippen molar-refractivity contribution in [3.8, 4) is 0 Å². The Morgan fingerprint density at radius 1 is 0.774 bits per heavy atom. The van der Waals surface area contributed by atoms with Crippen molar-refractivity contribution in [3.63, 3.8) is 0 Å². The fourth-order valence-corrected chi connectivity index (χ4v) is 10.9. The topological polar surface area (TPSA) is 9.23 Å². The summed E-state index contributed by atoms with van der Waals surface area (Å²) in [4.78, 5) is 0. The van der Waals surface area contributed by atoms with Crippen molar-refractivity contribution in [2.75, 3.05) is 7.11 Å². The Hall–Kier alpha value is -0.300. The summed E-state index contributed by atoms with van der Waals surface area (Å²) in [5.41, 5.74) is 4.09. The minimum absolute atomic E-state index is 0.295. The van der Waals surface area contributed by atoms with Gasteiger partial charge in [-0.05, 0) is 115 Å². The number of rotatable bonds is 1. The van der Waals surface area contributed by atoms with E-state index < -0.39 is 0 Å². The first-order valence-electron chi connectivity index (χ1n) is 13.6. The monoisotopic (exact) mass is 426 g/mol. The molecule has 0 bridgehead atoms. The predicted molar refractivity (Wildman–Crippen MR) is 131 cm³/mol. The van der Waals surface area contributed by atoms with Crippen molar-refractivity contribution < 1.29 is 4.74 Å². The smallest absolute Gasteiger partial charge is 0.0625 e. The SMILES string of the molecule is COC1CCC2(C)C3CCC4(C)C(=CCC5CCC(C)(C)CC54)C3(C)CCC2C1(C)C. The summed E-state index contributed by atoms with van der Waals surface area (Å²) in [6, 6.07) is 0. The van der Waals surface area contributed by atoms with Gasteiger partial charge in [0.05, 0.1) is 6.10 Å². The van der Waals surface area contributed by atoms with E-state index in [4.69, 9.17) is 4.74 Å². The van der Waals surface area contributed by atoms with E-state index in [1.165, 1.54) is 64.2 Å². The number of hydrogen-bond acceptors (Lipinski definition) is 1. The van der Waals surface area contributed by atoms with Crippen LogP contribution in [0.15, 0.2) is 11.6 Å². The van der Waals surface area contributed by atoms with Crippen molar-refractivity contribution in [1.29, 1.82) is 0 Å². The van der Waals surface area contributed by atoms with E-state index in [0.29, 0.717) is 33.2 Å². The molecule has 4 saturated carbocycles. The third-order valence-electron chi connectivity index (χ3n) is 12.4.